The average Bonchev–Trinajstić information content (AvgIpc) is 2.62. The molecule has 94 valence electrons. The van der Waals surface area contributed by atoms with Gasteiger partial charge in [-0.15, -0.1) is 0 Å². The molecule has 0 aliphatic carbocycles. The number of rotatable bonds is 3. The summed E-state index contributed by atoms with van der Waals surface area (Å²) in [7, 11) is 2.05. The molecule has 2 aromatic rings. The van der Waals surface area contributed by atoms with Crippen LogP contribution in [0.4, 0.5) is 0 Å². The second kappa shape index (κ2) is 3.95. The Morgan fingerprint density at radius 2 is 2.11 bits per heavy atom. The number of Topliss-reactive ketones (excluding diaryl/α,β-unsaturated/α-hetero) is 1. The first-order valence-electron chi connectivity index (χ1n) is 6.24. The van der Waals surface area contributed by atoms with E-state index in [9.17, 15) is 4.79 Å². The van der Waals surface area contributed by atoms with E-state index in [-0.39, 0.29) is 11.2 Å². The van der Waals surface area contributed by atoms with Crippen molar-refractivity contribution in [1.82, 2.24) is 4.57 Å². The standard InChI is InChI=1S/C15H17NO2/c1-11(17)7-15(9-18-10-15)13-8-16(2)14-6-4-3-5-12(13)14/h3-6,8H,7,9-10H2,1-2H3. The monoisotopic (exact) mass is 243 g/mol. The van der Waals surface area contributed by atoms with E-state index in [1.807, 2.05) is 19.2 Å². The van der Waals surface area contributed by atoms with E-state index in [4.69, 9.17) is 4.74 Å². The first-order chi connectivity index (χ1) is 8.62. The maximum absolute atomic E-state index is 11.5. The Labute approximate surface area is 106 Å². The first kappa shape index (κ1) is 11.5. The molecule has 3 nitrogen and oxygen atoms in total. The molecule has 3 rings (SSSR count). The number of para-hydroxylation sites is 1. The SMILES string of the molecule is CC(=O)CC1(c2cn(C)c3ccccc23)COC1. The molecular weight excluding hydrogens is 226 g/mol. The second-order valence-electron chi connectivity index (χ2n) is 5.32. The molecule has 1 aliphatic heterocycles. The van der Waals surface area contributed by atoms with Gasteiger partial charge in [0.1, 0.15) is 5.78 Å². The summed E-state index contributed by atoms with van der Waals surface area (Å²) in [5, 5.41) is 1.24. The summed E-state index contributed by atoms with van der Waals surface area (Å²) >= 11 is 0. The van der Waals surface area contributed by atoms with Gasteiger partial charge in [0.2, 0.25) is 0 Å². The van der Waals surface area contributed by atoms with Crippen LogP contribution < -0.4 is 0 Å². The van der Waals surface area contributed by atoms with Crippen LogP contribution >= 0.6 is 0 Å². The number of ketones is 1. The van der Waals surface area contributed by atoms with Gasteiger partial charge in [0.05, 0.1) is 18.6 Å². The lowest BCUT2D eigenvalue weighted by Gasteiger charge is -2.41. The highest BCUT2D eigenvalue weighted by Gasteiger charge is 2.43. The summed E-state index contributed by atoms with van der Waals surface area (Å²) in [6, 6.07) is 8.33. The number of carbonyl (C=O) groups is 1. The Balaban J connectivity index is 2.16. The third-order valence-corrected chi connectivity index (χ3v) is 3.81. The summed E-state index contributed by atoms with van der Waals surface area (Å²) in [5.41, 5.74) is 2.36. The number of aromatic nitrogens is 1. The van der Waals surface area contributed by atoms with Gasteiger partial charge in [-0.05, 0) is 18.6 Å². The molecule has 0 amide bonds. The minimum atomic E-state index is -0.104. The predicted octanol–water partition coefficient (Wildman–Crippen LogP) is 2.43. The van der Waals surface area contributed by atoms with E-state index < -0.39 is 0 Å². The summed E-state index contributed by atoms with van der Waals surface area (Å²) in [6.45, 7) is 2.96. The smallest absolute Gasteiger partial charge is 0.130 e. The molecule has 1 aromatic carbocycles. The largest absolute Gasteiger partial charge is 0.379 e. The van der Waals surface area contributed by atoms with Crippen LogP contribution in [0.3, 0.4) is 0 Å². The highest BCUT2D eigenvalue weighted by atomic mass is 16.5. The van der Waals surface area contributed by atoms with Crippen LogP contribution in [-0.2, 0) is 22.0 Å². The fraction of sp³-hybridized carbons (Fsp3) is 0.400. The van der Waals surface area contributed by atoms with Gasteiger partial charge in [0.25, 0.3) is 0 Å². The van der Waals surface area contributed by atoms with Crippen LogP contribution in [0.1, 0.15) is 18.9 Å². The lowest BCUT2D eigenvalue weighted by atomic mass is 9.75. The minimum absolute atomic E-state index is 0.104. The van der Waals surface area contributed by atoms with Crippen molar-refractivity contribution in [3.05, 3.63) is 36.0 Å². The summed E-state index contributed by atoms with van der Waals surface area (Å²) in [4.78, 5) is 11.5. The van der Waals surface area contributed by atoms with Gasteiger partial charge in [-0.25, -0.2) is 0 Å². The molecule has 0 radical (unpaired) electrons. The third-order valence-electron chi connectivity index (χ3n) is 3.81. The van der Waals surface area contributed by atoms with Crippen molar-refractivity contribution in [1.29, 1.82) is 0 Å². The number of ether oxygens (including phenoxy) is 1. The molecule has 0 unspecified atom stereocenters. The molecular formula is C15H17NO2. The number of hydrogen-bond acceptors (Lipinski definition) is 2. The minimum Gasteiger partial charge on any atom is -0.379 e. The number of hydrogen-bond donors (Lipinski definition) is 0. The van der Waals surface area contributed by atoms with Crippen LogP contribution in [0.5, 0.6) is 0 Å². The Morgan fingerprint density at radius 1 is 1.39 bits per heavy atom. The summed E-state index contributed by atoms with van der Waals surface area (Å²) in [5.74, 6) is 0.228. The quantitative estimate of drug-likeness (QED) is 0.829. The maximum atomic E-state index is 11.5. The topological polar surface area (TPSA) is 31.2 Å². The Hall–Kier alpha value is -1.61. The van der Waals surface area contributed by atoms with Crippen molar-refractivity contribution in [3.63, 3.8) is 0 Å². The number of carbonyl (C=O) groups excluding carboxylic acids is 1. The second-order valence-corrected chi connectivity index (χ2v) is 5.32. The number of fused-ring (bicyclic) bond motifs is 1. The summed E-state index contributed by atoms with van der Waals surface area (Å²) in [6.07, 6.45) is 2.72. The van der Waals surface area contributed by atoms with Crippen LogP contribution in [0.2, 0.25) is 0 Å². The van der Waals surface area contributed by atoms with E-state index in [0.29, 0.717) is 19.6 Å². The molecule has 2 heterocycles. The molecule has 0 bridgehead atoms. The zero-order chi connectivity index (χ0) is 12.8. The van der Waals surface area contributed by atoms with Gasteiger partial charge in [-0.2, -0.15) is 0 Å². The molecule has 3 heteroatoms. The van der Waals surface area contributed by atoms with Gasteiger partial charge in [0.15, 0.2) is 0 Å². The molecule has 1 saturated heterocycles. The molecule has 1 aliphatic rings. The van der Waals surface area contributed by atoms with E-state index in [2.05, 4.69) is 22.9 Å². The van der Waals surface area contributed by atoms with Gasteiger partial charge >= 0.3 is 0 Å². The van der Waals surface area contributed by atoms with E-state index in [1.54, 1.807) is 6.92 Å². The Morgan fingerprint density at radius 3 is 2.72 bits per heavy atom. The van der Waals surface area contributed by atoms with E-state index >= 15 is 0 Å². The van der Waals surface area contributed by atoms with Gasteiger partial charge in [-0.3, -0.25) is 4.79 Å². The lowest BCUT2D eigenvalue weighted by Crippen LogP contribution is -2.47. The van der Waals surface area contributed by atoms with Gasteiger partial charge in [0, 0.05) is 30.6 Å². The van der Waals surface area contributed by atoms with Crippen molar-refractivity contribution in [2.75, 3.05) is 13.2 Å². The van der Waals surface area contributed by atoms with Crippen LogP contribution in [0, 0.1) is 0 Å². The first-order valence-corrected chi connectivity index (χ1v) is 6.24. The lowest BCUT2D eigenvalue weighted by molar-refractivity contribution is -0.125. The number of aryl methyl sites for hydroxylation is 1. The molecule has 1 aromatic heterocycles. The fourth-order valence-electron chi connectivity index (χ4n) is 2.94. The van der Waals surface area contributed by atoms with Crippen molar-refractivity contribution >= 4 is 16.7 Å². The highest BCUT2D eigenvalue weighted by Crippen LogP contribution is 2.40. The Kier molecular flexibility index (Phi) is 2.52. The summed E-state index contributed by atoms with van der Waals surface area (Å²) < 4.78 is 7.52. The van der Waals surface area contributed by atoms with Crippen molar-refractivity contribution in [3.8, 4) is 0 Å². The van der Waals surface area contributed by atoms with Crippen LogP contribution in [0.15, 0.2) is 30.5 Å². The van der Waals surface area contributed by atoms with Crippen LogP contribution in [0.25, 0.3) is 10.9 Å². The van der Waals surface area contributed by atoms with E-state index in [0.717, 1.165) is 0 Å². The van der Waals surface area contributed by atoms with Crippen LogP contribution in [-0.4, -0.2) is 23.6 Å². The number of nitrogens with zero attached hydrogens (tertiary/aromatic N) is 1. The molecule has 18 heavy (non-hydrogen) atoms. The predicted molar refractivity (Wildman–Crippen MR) is 70.7 cm³/mol. The molecule has 1 fully saturated rings. The molecule has 0 saturated carbocycles. The normalized spacial score (nSPS) is 17.7. The average molecular weight is 243 g/mol. The zero-order valence-electron chi connectivity index (χ0n) is 10.8. The number of benzene rings is 1. The van der Waals surface area contributed by atoms with Crippen molar-refractivity contribution in [2.24, 2.45) is 7.05 Å². The molecule has 0 atom stereocenters. The zero-order valence-corrected chi connectivity index (χ0v) is 10.8. The molecule has 0 N–H and O–H groups in total. The highest BCUT2D eigenvalue weighted by molar-refractivity contribution is 5.87. The molecule has 0 spiro atoms. The Bertz CT molecular complexity index is 608. The van der Waals surface area contributed by atoms with Gasteiger partial charge in [-0.1, -0.05) is 18.2 Å². The fourth-order valence-corrected chi connectivity index (χ4v) is 2.94. The third kappa shape index (κ3) is 1.58. The van der Waals surface area contributed by atoms with E-state index in [1.165, 1.54) is 16.5 Å². The van der Waals surface area contributed by atoms with Crippen molar-refractivity contribution < 1.29 is 9.53 Å². The maximum Gasteiger partial charge on any atom is 0.130 e. The van der Waals surface area contributed by atoms with Gasteiger partial charge < -0.3 is 9.30 Å². The van der Waals surface area contributed by atoms with Crippen molar-refractivity contribution in [2.45, 2.75) is 18.8 Å².